The first-order valence-corrected chi connectivity index (χ1v) is 14.8. The van der Waals surface area contributed by atoms with Gasteiger partial charge in [0.15, 0.2) is 0 Å². The number of nitrogens with two attached hydrogens (primary N) is 2. The van der Waals surface area contributed by atoms with Gasteiger partial charge in [0, 0.05) is 25.4 Å². The second-order valence-corrected chi connectivity index (χ2v) is 10.9. The molecule has 0 radical (unpaired) electrons. The number of carbonyl (C=O) groups excluding carboxylic acids is 4. The number of rotatable bonds is 19. The molecule has 0 aliphatic heterocycles. The van der Waals surface area contributed by atoms with E-state index in [1.807, 2.05) is 0 Å². The van der Waals surface area contributed by atoms with Gasteiger partial charge in [-0.15, -0.1) is 0 Å². The molecule has 40 heavy (non-hydrogen) atoms. The van der Waals surface area contributed by atoms with Crippen molar-refractivity contribution in [2.24, 2.45) is 11.5 Å². The minimum atomic E-state index is -1.42. The van der Waals surface area contributed by atoms with Crippen molar-refractivity contribution in [3.63, 3.8) is 0 Å². The van der Waals surface area contributed by atoms with E-state index < -0.39 is 59.9 Å². The van der Waals surface area contributed by atoms with E-state index in [9.17, 15) is 39.0 Å². The van der Waals surface area contributed by atoms with Crippen LogP contribution >= 0.6 is 21.6 Å². The quantitative estimate of drug-likeness (QED) is 0.0496. The van der Waals surface area contributed by atoms with Gasteiger partial charge in [0.1, 0.15) is 12.1 Å². The fraction of sp³-hybridized carbons (Fsp3) is 0.727. The van der Waals surface area contributed by atoms with Crippen molar-refractivity contribution in [1.82, 2.24) is 10.6 Å². The summed E-state index contributed by atoms with van der Waals surface area (Å²) >= 11 is 0. The van der Waals surface area contributed by atoms with Gasteiger partial charge in [-0.25, -0.2) is 0 Å². The van der Waals surface area contributed by atoms with E-state index in [0.717, 1.165) is 60.4 Å². The number of nitrogens with one attached hydrogen (secondary N) is 2. The van der Waals surface area contributed by atoms with Gasteiger partial charge < -0.3 is 63.6 Å². The Kier molecular flexibility index (Phi) is 27.8. The molecule has 14 N–H and O–H groups in total. The van der Waals surface area contributed by atoms with E-state index >= 15 is 0 Å². The molecule has 0 aliphatic carbocycles. The van der Waals surface area contributed by atoms with Gasteiger partial charge >= 0.3 is 11.9 Å². The monoisotopic (exact) mass is 616 g/mol. The highest BCUT2D eigenvalue weighted by molar-refractivity contribution is 8.76. The summed E-state index contributed by atoms with van der Waals surface area (Å²) in [6.45, 7) is 4.06. The minimum absolute atomic E-state index is 0.00637. The van der Waals surface area contributed by atoms with Crippen LogP contribution < -0.4 is 43.8 Å². The van der Waals surface area contributed by atoms with Crippen molar-refractivity contribution in [1.29, 1.82) is 0 Å². The molecule has 0 fully saturated rings. The predicted octanol–water partition coefficient (Wildman–Crippen LogP) is -5.50. The van der Waals surface area contributed by atoms with Crippen LogP contribution in [-0.2, 0) is 28.8 Å². The van der Waals surface area contributed by atoms with Crippen molar-refractivity contribution in [3.8, 4) is 0 Å². The van der Waals surface area contributed by atoms with Crippen LogP contribution in [-0.4, -0.2) is 94.7 Å². The van der Waals surface area contributed by atoms with Gasteiger partial charge in [-0.3, -0.25) is 19.2 Å². The molecule has 0 rings (SSSR count). The number of amides is 2. The van der Waals surface area contributed by atoms with Gasteiger partial charge in [0.05, 0.1) is 37.1 Å². The second kappa shape index (κ2) is 26.6. The molecule has 0 aliphatic rings. The third-order valence-corrected chi connectivity index (χ3v) is 6.96. The third kappa shape index (κ3) is 28.4. The average Bonchev–Trinajstić information content (AvgIpc) is 2.85. The van der Waals surface area contributed by atoms with Crippen LogP contribution in [0.15, 0.2) is 0 Å². The van der Waals surface area contributed by atoms with Crippen LogP contribution in [0.1, 0.15) is 52.4 Å². The Morgan fingerprint density at radius 1 is 0.700 bits per heavy atom. The Morgan fingerprint density at radius 3 is 1.20 bits per heavy atom. The molecule has 0 unspecified atom stereocenters. The second-order valence-electron chi connectivity index (χ2n) is 8.30. The minimum Gasteiger partial charge on any atom is -0.548 e. The van der Waals surface area contributed by atoms with Crippen LogP contribution in [0.25, 0.3) is 0 Å². The molecule has 0 aromatic heterocycles. The summed E-state index contributed by atoms with van der Waals surface area (Å²) in [6.07, 6.45) is 4.76. The average molecular weight is 617 g/mol. The first-order valence-electron chi connectivity index (χ1n) is 12.4. The molecule has 0 saturated carbocycles. The molecule has 234 valence electrons. The molecule has 2 amide bonds. The number of hydrogen-bond donors (Lipinski definition) is 8. The number of carboxylic acid groups (broad SMARTS) is 4. The fourth-order valence-corrected chi connectivity index (χ4v) is 4.69. The number of carboxylic acids is 4. The summed E-state index contributed by atoms with van der Waals surface area (Å²) in [7, 11) is 2.09. The van der Waals surface area contributed by atoms with Crippen molar-refractivity contribution in [3.05, 3.63) is 0 Å². The number of carbonyl (C=O) groups is 6. The van der Waals surface area contributed by atoms with Crippen molar-refractivity contribution in [2.45, 2.75) is 76.5 Å². The van der Waals surface area contributed by atoms with Crippen molar-refractivity contribution < 1.29 is 60.7 Å². The Bertz CT molecular complexity index is 716. The van der Waals surface area contributed by atoms with E-state index in [1.165, 1.54) is 13.8 Å². The smallest absolute Gasteiger partial charge is 0.320 e. The Labute approximate surface area is 241 Å². The van der Waals surface area contributed by atoms with Gasteiger partial charge in [-0.1, -0.05) is 21.6 Å². The highest BCUT2D eigenvalue weighted by atomic mass is 33.1. The number of aliphatic carboxylic acids is 4. The molecule has 0 heterocycles. The van der Waals surface area contributed by atoms with E-state index in [4.69, 9.17) is 21.7 Å². The highest BCUT2D eigenvalue weighted by Gasteiger charge is 2.14. The van der Waals surface area contributed by atoms with Gasteiger partial charge in [-0.05, 0) is 38.5 Å². The summed E-state index contributed by atoms with van der Waals surface area (Å²) in [6, 6.07) is -3.70. The van der Waals surface area contributed by atoms with E-state index in [0.29, 0.717) is 12.8 Å². The molecule has 0 spiro atoms. The fourth-order valence-electron chi connectivity index (χ4n) is 2.39. The standard InChI is InChI=1S/C10H16N2O6S2.2C6H14N2O2/c1-5(13)11-7(9(15)16)3-19-20-4-8(10(17)18)12-6(2)14;2*7-4-2-1-3-5(8)6(9)10/h7-8H,3-4H2,1-2H3,(H,11,13)(H,12,14)(H,15,16)(H,17,18);2*5H,1-4,7-8H2,(H,9,10)/t7-,8-;2*5-/m000/s1. The molecule has 0 saturated heterocycles. The maximum absolute atomic E-state index is 10.8. The number of quaternary nitrogens is 2. The topological polar surface area (TPSA) is 320 Å². The van der Waals surface area contributed by atoms with Crippen LogP contribution in [0.5, 0.6) is 0 Å². The predicted molar refractivity (Wildman–Crippen MR) is 145 cm³/mol. The molecule has 0 aromatic rings. The Balaban J connectivity index is -0.000000573. The normalized spacial score (nSPS) is 13.1. The number of hydrogen-bond acceptors (Lipinski definition) is 12. The van der Waals surface area contributed by atoms with Crippen LogP contribution in [0, 0.1) is 0 Å². The zero-order chi connectivity index (χ0) is 31.7. The van der Waals surface area contributed by atoms with Gasteiger partial charge in [0.25, 0.3) is 0 Å². The molecule has 0 bridgehead atoms. The van der Waals surface area contributed by atoms with Gasteiger partial charge in [0.2, 0.25) is 11.8 Å². The van der Waals surface area contributed by atoms with Gasteiger partial charge in [-0.2, -0.15) is 0 Å². The lowest BCUT2D eigenvalue weighted by atomic mass is 10.1. The SMILES string of the molecule is CC(=O)N[C@@H](CSSC[C@H](NC(C)=O)C(=O)[O-])C(=O)[O-].N[C@@H](CCCC[NH3+])C(=O)O.N[C@@H](CCCC[NH3+])C(=O)O. The molecular weight excluding hydrogens is 572 g/mol. The summed E-state index contributed by atoms with van der Waals surface area (Å²) in [4.78, 5) is 63.2. The zero-order valence-electron chi connectivity index (χ0n) is 22.9. The molecule has 16 nitrogen and oxygen atoms in total. The van der Waals surface area contributed by atoms with Crippen LogP contribution in [0.4, 0.5) is 0 Å². The molecule has 18 heteroatoms. The summed E-state index contributed by atoms with van der Waals surface area (Å²) in [5.41, 5.74) is 17.8. The molecular formula is C22H44N6O10S2. The van der Waals surface area contributed by atoms with Crippen LogP contribution in [0.3, 0.4) is 0 Å². The third-order valence-electron chi connectivity index (χ3n) is 4.54. The molecule has 0 aromatic carbocycles. The van der Waals surface area contributed by atoms with E-state index in [1.54, 1.807) is 0 Å². The Hall–Kier alpha value is -2.64. The summed E-state index contributed by atoms with van der Waals surface area (Å²) < 4.78 is 0. The van der Waals surface area contributed by atoms with E-state index in [2.05, 4.69) is 22.1 Å². The lowest BCUT2D eigenvalue weighted by Crippen LogP contribution is -2.50. The maximum Gasteiger partial charge on any atom is 0.320 e. The largest absolute Gasteiger partial charge is 0.548 e. The van der Waals surface area contributed by atoms with Crippen molar-refractivity contribution >= 4 is 57.3 Å². The lowest BCUT2D eigenvalue weighted by molar-refractivity contribution is -0.368. The van der Waals surface area contributed by atoms with Crippen molar-refractivity contribution in [2.75, 3.05) is 24.6 Å². The highest BCUT2D eigenvalue weighted by Crippen LogP contribution is 2.22. The first kappa shape index (κ1) is 41.8. The number of unbranched alkanes of at least 4 members (excludes halogenated alkanes) is 2. The summed E-state index contributed by atoms with van der Waals surface area (Å²) in [5, 5.41) is 42.5. The lowest BCUT2D eigenvalue weighted by Gasteiger charge is -2.20. The first-order chi connectivity index (χ1) is 18.6. The maximum atomic E-state index is 10.8. The van der Waals surface area contributed by atoms with Crippen LogP contribution in [0.2, 0.25) is 0 Å². The Morgan fingerprint density at radius 2 is 1.00 bits per heavy atom. The molecule has 4 atom stereocenters. The van der Waals surface area contributed by atoms with E-state index in [-0.39, 0.29) is 11.5 Å². The summed E-state index contributed by atoms with van der Waals surface area (Å²) in [5.74, 6) is -5.67. The zero-order valence-corrected chi connectivity index (χ0v) is 24.6.